The van der Waals surface area contributed by atoms with Gasteiger partial charge in [0.1, 0.15) is 5.76 Å². The van der Waals surface area contributed by atoms with Crippen LogP contribution in [0.5, 0.6) is 0 Å². The topological polar surface area (TPSA) is 13.1 Å². The average Bonchev–Trinajstić information content (AvgIpc) is 2.47. The highest BCUT2D eigenvalue weighted by Crippen LogP contribution is 2.21. The van der Waals surface area contributed by atoms with Gasteiger partial charge in [0.05, 0.1) is 6.26 Å². The quantitative estimate of drug-likeness (QED) is 0.639. The van der Waals surface area contributed by atoms with E-state index in [0.717, 1.165) is 11.1 Å². The predicted molar refractivity (Wildman–Crippen MR) is 48.9 cm³/mol. The Labute approximate surface area is 70.4 Å². The summed E-state index contributed by atoms with van der Waals surface area (Å²) in [6.07, 6.45) is 1.76. The Hall–Kier alpha value is -0.890. The van der Waals surface area contributed by atoms with Gasteiger partial charge >= 0.3 is 0 Å². The molecule has 1 aromatic carbocycles. The molecule has 0 aliphatic heterocycles. The van der Waals surface area contributed by atoms with Crippen molar-refractivity contribution in [1.82, 2.24) is 0 Å². The number of benzene rings is 1. The van der Waals surface area contributed by atoms with Gasteiger partial charge < -0.3 is 4.42 Å². The SMILES string of the molecule is SCc1occ2ccccc12. The zero-order valence-electron chi connectivity index (χ0n) is 5.95. The van der Waals surface area contributed by atoms with Crippen LogP contribution in [-0.2, 0) is 5.75 Å². The van der Waals surface area contributed by atoms with Gasteiger partial charge in [0, 0.05) is 16.5 Å². The predicted octanol–water partition coefficient (Wildman–Crippen LogP) is 2.86. The zero-order chi connectivity index (χ0) is 7.68. The Balaban J connectivity index is 2.76. The van der Waals surface area contributed by atoms with Gasteiger partial charge in [-0.2, -0.15) is 12.6 Å². The van der Waals surface area contributed by atoms with Crippen molar-refractivity contribution in [3.63, 3.8) is 0 Å². The lowest BCUT2D eigenvalue weighted by atomic mass is 10.2. The molecule has 2 rings (SSSR count). The van der Waals surface area contributed by atoms with E-state index in [9.17, 15) is 0 Å². The van der Waals surface area contributed by atoms with E-state index in [-0.39, 0.29) is 0 Å². The maximum atomic E-state index is 5.29. The molecule has 0 aliphatic carbocycles. The van der Waals surface area contributed by atoms with Crippen LogP contribution in [0.4, 0.5) is 0 Å². The maximum absolute atomic E-state index is 5.29. The third kappa shape index (κ3) is 1.03. The molecule has 2 heteroatoms. The number of hydrogen-bond donors (Lipinski definition) is 1. The first-order chi connectivity index (χ1) is 5.42. The Morgan fingerprint density at radius 2 is 2.09 bits per heavy atom. The van der Waals surface area contributed by atoms with Crippen molar-refractivity contribution in [3.05, 3.63) is 36.3 Å². The highest BCUT2D eigenvalue weighted by Gasteiger charge is 2.01. The monoisotopic (exact) mass is 164 g/mol. The van der Waals surface area contributed by atoms with E-state index in [1.165, 1.54) is 5.39 Å². The standard InChI is InChI=1S/C9H8OS/c11-6-9-8-4-2-1-3-7(8)5-10-9/h1-5,11H,6H2. The van der Waals surface area contributed by atoms with E-state index in [1.54, 1.807) is 6.26 Å². The molecule has 0 aliphatic rings. The molecule has 0 radical (unpaired) electrons. The van der Waals surface area contributed by atoms with Crippen molar-refractivity contribution in [1.29, 1.82) is 0 Å². The van der Waals surface area contributed by atoms with E-state index < -0.39 is 0 Å². The zero-order valence-corrected chi connectivity index (χ0v) is 6.84. The Morgan fingerprint density at radius 3 is 2.91 bits per heavy atom. The summed E-state index contributed by atoms with van der Waals surface area (Å²) in [4.78, 5) is 0. The van der Waals surface area contributed by atoms with Gasteiger partial charge in [0.25, 0.3) is 0 Å². The summed E-state index contributed by atoms with van der Waals surface area (Å²) < 4.78 is 5.29. The number of furan rings is 1. The van der Waals surface area contributed by atoms with Crippen LogP contribution in [-0.4, -0.2) is 0 Å². The molecule has 0 bridgehead atoms. The molecule has 1 aromatic heterocycles. The molecule has 0 N–H and O–H groups in total. The molecule has 11 heavy (non-hydrogen) atoms. The van der Waals surface area contributed by atoms with Gasteiger partial charge in [-0.05, 0) is 0 Å². The summed E-state index contributed by atoms with van der Waals surface area (Å²) in [7, 11) is 0. The van der Waals surface area contributed by atoms with Crippen LogP contribution in [0.3, 0.4) is 0 Å². The van der Waals surface area contributed by atoms with Crippen LogP contribution in [0.2, 0.25) is 0 Å². The van der Waals surface area contributed by atoms with Crippen molar-refractivity contribution in [2.75, 3.05) is 0 Å². The molecule has 0 amide bonds. The van der Waals surface area contributed by atoms with Crippen LogP contribution in [0.1, 0.15) is 5.76 Å². The molecule has 0 saturated carbocycles. The maximum Gasteiger partial charge on any atom is 0.121 e. The Morgan fingerprint density at radius 1 is 1.27 bits per heavy atom. The molecular weight excluding hydrogens is 156 g/mol. The summed E-state index contributed by atoms with van der Waals surface area (Å²) in [6.45, 7) is 0. The van der Waals surface area contributed by atoms with Crippen molar-refractivity contribution in [3.8, 4) is 0 Å². The molecule has 0 spiro atoms. The van der Waals surface area contributed by atoms with Crippen molar-refractivity contribution < 1.29 is 4.42 Å². The Kier molecular flexibility index (Phi) is 1.62. The highest BCUT2D eigenvalue weighted by atomic mass is 32.1. The third-order valence-corrected chi connectivity index (χ3v) is 2.02. The van der Waals surface area contributed by atoms with Gasteiger partial charge in [-0.25, -0.2) is 0 Å². The second-order valence-electron chi connectivity index (χ2n) is 2.40. The number of thiol groups is 1. The lowest BCUT2D eigenvalue weighted by molar-refractivity contribution is 0.536. The number of fused-ring (bicyclic) bond motifs is 1. The molecule has 1 nitrogen and oxygen atoms in total. The first kappa shape index (κ1) is 6.80. The van der Waals surface area contributed by atoms with Gasteiger partial charge in [0.15, 0.2) is 0 Å². The Bertz CT molecular complexity index is 364. The van der Waals surface area contributed by atoms with Gasteiger partial charge in [0.2, 0.25) is 0 Å². The molecule has 0 unspecified atom stereocenters. The fourth-order valence-electron chi connectivity index (χ4n) is 1.17. The fraction of sp³-hybridized carbons (Fsp3) is 0.111. The summed E-state index contributed by atoms with van der Waals surface area (Å²) in [6, 6.07) is 8.08. The second kappa shape index (κ2) is 2.62. The summed E-state index contributed by atoms with van der Waals surface area (Å²) >= 11 is 4.16. The first-order valence-electron chi connectivity index (χ1n) is 3.48. The summed E-state index contributed by atoms with van der Waals surface area (Å²) in [5, 5.41) is 2.32. The molecule has 0 atom stereocenters. The van der Waals surface area contributed by atoms with Crippen molar-refractivity contribution in [2.45, 2.75) is 5.75 Å². The lowest BCUT2D eigenvalue weighted by Gasteiger charge is -1.88. The van der Waals surface area contributed by atoms with E-state index in [1.807, 2.05) is 24.3 Å². The molecule has 56 valence electrons. The molecule has 1 heterocycles. The van der Waals surface area contributed by atoms with E-state index >= 15 is 0 Å². The minimum Gasteiger partial charge on any atom is -0.467 e. The molecule has 2 aromatic rings. The number of rotatable bonds is 1. The molecular formula is C9H8OS. The van der Waals surface area contributed by atoms with E-state index in [2.05, 4.69) is 12.6 Å². The van der Waals surface area contributed by atoms with Gasteiger partial charge in [-0.1, -0.05) is 24.3 Å². The van der Waals surface area contributed by atoms with Crippen LogP contribution in [0, 0.1) is 0 Å². The average molecular weight is 164 g/mol. The second-order valence-corrected chi connectivity index (χ2v) is 2.72. The summed E-state index contributed by atoms with van der Waals surface area (Å²) in [5.41, 5.74) is 0. The van der Waals surface area contributed by atoms with E-state index in [0.29, 0.717) is 5.75 Å². The van der Waals surface area contributed by atoms with Crippen LogP contribution in [0.25, 0.3) is 10.8 Å². The van der Waals surface area contributed by atoms with Gasteiger partial charge in [-0.15, -0.1) is 0 Å². The van der Waals surface area contributed by atoms with Crippen molar-refractivity contribution >= 4 is 23.4 Å². The lowest BCUT2D eigenvalue weighted by Crippen LogP contribution is -1.70. The molecule has 0 fully saturated rings. The number of hydrogen-bond acceptors (Lipinski definition) is 2. The van der Waals surface area contributed by atoms with Gasteiger partial charge in [-0.3, -0.25) is 0 Å². The molecule has 0 saturated heterocycles. The third-order valence-electron chi connectivity index (χ3n) is 1.73. The van der Waals surface area contributed by atoms with Crippen LogP contribution in [0.15, 0.2) is 34.9 Å². The van der Waals surface area contributed by atoms with Crippen molar-refractivity contribution in [2.24, 2.45) is 0 Å². The fourth-order valence-corrected chi connectivity index (χ4v) is 1.42. The smallest absolute Gasteiger partial charge is 0.121 e. The minimum atomic E-state index is 0.660. The highest BCUT2D eigenvalue weighted by molar-refractivity contribution is 7.79. The van der Waals surface area contributed by atoms with E-state index in [4.69, 9.17) is 4.42 Å². The normalized spacial score (nSPS) is 10.6. The van der Waals surface area contributed by atoms with Crippen LogP contribution >= 0.6 is 12.6 Å². The largest absolute Gasteiger partial charge is 0.467 e. The van der Waals surface area contributed by atoms with Crippen LogP contribution < -0.4 is 0 Å². The minimum absolute atomic E-state index is 0.660. The summed E-state index contributed by atoms with van der Waals surface area (Å²) in [5.74, 6) is 1.61. The first-order valence-corrected chi connectivity index (χ1v) is 4.11.